The molecule has 0 saturated carbocycles. The molecule has 132 valence electrons. The minimum atomic E-state index is -0.0255. The fraction of sp³-hybridized carbons (Fsp3) is 0.333. The number of amides is 1. The highest BCUT2D eigenvalue weighted by molar-refractivity contribution is 9.10. The zero-order chi connectivity index (χ0) is 17.6. The Morgan fingerprint density at radius 1 is 1.00 bits per heavy atom. The van der Waals surface area contributed by atoms with Crippen LogP contribution in [-0.2, 0) is 4.79 Å². The van der Waals surface area contributed by atoms with Crippen LogP contribution in [0, 0.1) is 0 Å². The number of nitrogens with one attached hydrogen (secondary N) is 1. The molecule has 25 heavy (non-hydrogen) atoms. The van der Waals surface area contributed by atoms with Gasteiger partial charge in [0.05, 0.1) is 19.4 Å². The van der Waals surface area contributed by atoms with E-state index in [1.54, 1.807) is 12.1 Å². The van der Waals surface area contributed by atoms with Crippen LogP contribution in [0.2, 0.25) is 0 Å². The summed E-state index contributed by atoms with van der Waals surface area (Å²) in [6.45, 7) is 3.76. The number of ketones is 1. The predicted molar refractivity (Wildman–Crippen MR) is 98.7 cm³/mol. The second-order valence-corrected chi connectivity index (χ2v) is 6.92. The highest BCUT2D eigenvalue weighted by Crippen LogP contribution is 2.14. The van der Waals surface area contributed by atoms with Gasteiger partial charge in [-0.3, -0.25) is 19.4 Å². The third-order valence-electron chi connectivity index (χ3n) is 4.12. The molecule has 0 atom stereocenters. The van der Waals surface area contributed by atoms with Crippen molar-refractivity contribution < 1.29 is 14.0 Å². The summed E-state index contributed by atoms with van der Waals surface area (Å²) >= 11 is 3.37. The number of anilines is 1. The molecule has 0 unspecified atom stereocenters. The van der Waals surface area contributed by atoms with Crippen molar-refractivity contribution in [1.82, 2.24) is 9.80 Å². The molecule has 1 fully saturated rings. The Balaban J connectivity index is 1.40. The number of furan rings is 1. The third kappa shape index (κ3) is 5.26. The predicted octanol–water partition coefficient (Wildman–Crippen LogP) is 2.48. The Bertz CT molecular complexity index is 708. The van der Waals surface area contributed by atoms with Crippen LogP contribution in [0.3, 0.4) is 0 Å². The van der Waals surface area contributed by atoms with Crippen molar-refractivity contribution >= 4 is 33.3 Å². The molecule has 6 nitrogen and oxygen atoms in total. The molecular weight excluding hydrogens is 386 g/mol. The van der Waals surface area contributed by atoms with Crippen molar-refractivity contribution in [3.05, 3.63) is 52.9 Å². The summed E-state index contributed by atoms with van der Waals surface area (Å²) in [5.41, 5.74) is 0.788. The van der Waals surface area contributed by atoms with Crippen molar-refractivity contribution in [2.24, 2.45) is 0 Å². The summed E-state index contributed by atoms with van der Waals surface area (Å²) in [6, 6.07) is 10.9. The van der Waals surface area contributed by atoms with Crippen LogP contribution in [0.25, 0.3) is 0 Å². The number of rotatable bonds is 6. The Labute approximate surface area is 154 Å². The summed E-state index contributed by atoms with van der Waals surface area (Å²) < 4.78 is 6.11. The van der Waals surface area contributed by atoms with Crippen LogP contribution >= 0.6 is 15.9 Å². The van der Waals surface area contributed by atoms with E-state index in [0.717, 1.165) is 36.3 Å². The molecule has 7 heteroatoms. The van der Waals surface area contributed by atoms with Crippen LogP contribution in [-0.4, -0.2) is 60.8 Å². The quantitative estimate of drug-likeness (QED) is 0.747. The fourth-order valence-corrected chi connectivity index (χ4v) is 3.02. The van der Waals surface area contributed by atoms with E-state index in [-0.39, 0.29) is 11.7 Å². The molecular formula is C18H20BrN3O3. The molecule has 0 aliphatic carbocycles. The van der Waals surface area contributed by atoms with E-state index >= 15 is 0 Å². The van der Waals surface area contributed by atoms with Gasteiger partial charge in [-0.1, -0.05) is 15.9 Å². The van der Waals surface area contributed by atoms with Gasteiger partial charge in [0, 0.05) is 36.3 Å². The van der Waals surface area contributed by atoms with Crippen LogP contribution in [0.1, 0.15) is 10.6 Å². The van der Waals surface area contributed by atoms with E-state index in [4.69, 9.17) is 4.42 Å². The number of piperazine rings is 1. The van der Waals surface area contributed by atoms with Gasteiger partial charge in [-0.15, -0.1) is 0 Å². The zero-order valence-corrected chi connectivity index (χ0v) is 15.4. The highest BCUT2D eigenvalue weighted by Gasteiger charge is 2.21. The number of hydrogen-bond acceptors (Lipinski definition) is 5. The zero-order valence-electron chi connectivity index (χ0n) is 13.8. The van der Waals surface area contributed by atoms with Crippen molar-refractivity contribution in [2.45, 2.75) is 0 Å². The Hall–Kier alpha value is -1.96. The lowest BCUT2D eigenvalue weighted by molar-refractivity contribution is -0.117. The van der Waals surface area contributed by atoms with Gasteiger partial charge in [-0.05, 0) is 36.4 Å². The number of nitrogens with zero attached hydrogens (tertiary/aromatic N) is 2. The number of Topliss-reactive ketones (excluding diaryl/α,β-unsaturated/α-hetero) is 1. The van der Waals surface area contributed by atoms with Gasteiger partial charge in [0.1, 0.15) is 0 Å². The number of carbonyl (C=O) groups is 2. The summed E-state index contributed by atoms with van der Waals surface area (Å²) in [5, 5.41) is 2.90. The van der Waals surface area contributed by atoms with Crippen LogP contribution in [0.4, 0.5) is 5.69 Å². The normalized spacial score (nSPS) is 15.9. The topological polar surface area (TPSA) is 65.8 Å². The van der Waals surface area contributed by atoms with E-state index in [1.165, 1.54) is 6.26 Å². The molecule has 1 N–H and O–H groups in total. The molecule has 2 heterocycles. The molecule has 0 bridgehead atoms. The van der Waals surface area contributed by atoms with Gasteiger partial charge in [0.25, 0.3) is 0 Å². The van der Waals surface area contributed by atoms with Gasteiger partial charge < -0.3 is 9.73 Å². The first-order valence-electron chi connectivity index (χ1n) is 8.17. The summed E-state index contributed by atoms with van der Waals surface area (Å²) in [4.78, 5) is 28.4. The molecule has 2 aromatic rings. The lowest BCUT2D eigenvalue weighted by Crippen LogP contribution is -2.49. The standard InChI is InChI=1S/C18H20BrN3O3/c19-14-3-5-15(6-4-14)20-18(24)13-22-9-7-21(8-10-22)12-16(23)17-2-1-11-25-17/h1-6,11H,7-10,12-13H2,(H,20,24). The first kappa shape index (κ1) is 17.8. The van der Waals surface area contributed by atoms with Crippen molar-refractivity contribution in [3.63, 3.8) is 0 Å². The van der Waals surface area contributed by atoms with E-state index < -0.39 is 0 Å². The number of benzene rings is 1. The number of hydrogen-bond donors (Lipinski definition) is 1. The molecule has 1 aromatic carbocycles. The maximum absolute atomic E-state index is 12.1. The largest absolute Gasteiger partial charge is 0.461 e. The molecule has 1 aliphatic heterocycles. The molecule has 1 aliphatic rings. The van der Waals surface area contributed by atoms with Gasteiger partial charge in [-0.2, -0.15) is 0 Å². The second-order valence-electron chi connectivity index (χ2n) is 6.01. The molecule has 3 rings (SSSR count). The first-order valence-corrected chi connectivity index (χ1v) is 8.96. The van der Waals surface area contributed by atoms with Crippen molar-refractivity contribution in [2.75, 3.05) is 44.6 Å². The highest BCUT2D eigenvalue weighted by atomic mass is 79.9. The van der Waals surface area contributed by atoms with E-state index in [2.05, 4.69) is 31.0 Å². The molecule has 0 spiro atoms. The third-order valence-corrected chi connectivity index (χ3v) is 4.65. The lowest BCUT2D eigenvalue weighted by atomic mass is 10.2. The van der Waals surface area contributed by atoms with Crippen molar-refractivity contribution in [3.8, 4) is 0 Å². The lowest BCUT2D eigenvalue weighted by Gasteiger charge is -2.33. The summed E-state index contributed by atoms with van der Waals surface area (Å²) in [5.74, 6) is 0.366. The average molecular weight is 406 g/mol. The van der Waals surface area contributed by atoms with Crippen LogP contribution < -0.4 is 5.32 Å². The summed E-state index contributed by atoms with van der Waals surface area (Å²) in [7, 11) is 0. The van der Waals surface area contributed by atoms with Gasteiger partial charge in [-0.25, -0.2) is 0 Å². The second kappa shape index (κ2) is 8.42. The summed E-state index contributed by atoms with van der Waals surface area (Å²) in [6.07, 6.45) is 1.51. The van der Waals surface area contributed by atoms with E-state index in [0.29, 0.717) is 18.8 Å². The monoisotopic (exact) mass is 405 g/mol. The SMILES string of the molecule is O=C(CN1CCN(CC(=O)c2ccco2)CC1)Nc1ccc(Br)cc1. The number of halogens is 1. The van der Waals surface area contributed by atoms with E-state index in [1.807, 2.05) is 24.3 Å². The maximum Gasteiger partial charge on any atom is 0.238 e. The minimum Gasteiger partial charge on any atom is -0.461 e. The minimum absolute atomic E-state index is 0.00793. The molecule has 1 aromatic heterocycles. The Morgan fingerprint density at radius 3 is 2.24 bits per heavy atom. The molecule has 1 amide bonds. The smallest absolute Gasteiger partial charge is 0.238 e. The Kier molecular flexibility index (Phi) is 6.01. The van der Waals surface area contributed by atoms with Crippen LogP contribution in [0.15, 0.2) is 51.6 Å². The van der Waals surface area contributed by atoms with Gasteiger partial charge in [0.2, 0.25) is 11.7 Å². The molecule has 1 saturated heterocycles. The van der Waals surface area contributed by atoms with Crippen LogP contribution in [0.5, 0.6) is 0 Å². The van der Waals surface area contributed by atoms with Crippen molar-refractivity contribution in [1.29, 1.82) is 0 Å². The first-order chi connectivity index (χ1) is 12.1. The Morgan fingerprint density at radius 2 is 1.64 bits per heavy atom. The van der Waals surface area contributed by atoms with Gasteiger partial charge >= 0.3 is 0 Å². The van der Waals surface area contributed by atoms with E-state index in [9.17, 15) is 9.59 Å². The maximum atomic E-state index is 12.1. The fourth-order valence-electron chi connectivity index (χ4n) is 2.76. The average Bonchev–Trinajstić information content (AvgIpc) is 3.13. The number of carbonyl (C=O) groups excluding carboxylic acids is 2. The molecule has 0 radical (unpaired) electrons. The van der Waals surface area contributed by atoms with Gasteiger partial charge in [0.15, 0.2) is 5.76 Å².